The molecule has 1 unspecified atom stereocenters. The molecule has 0 spiro atoms. The van der Waals surface area contributed by atoms with Crippen molar-refractivity contribution in [3.63, 3.8) is 0 Å². The molecule has 2 aromatic rings. The van der Waals surface area contributed by atoms with Gasteiger partial charge in [0.05, 0.1) is 12.0 Å². The Labute approximate surface area is 117 Å². The molecule has 0 radical (unpaired) electrons. The molecule has 4 heteroatoms. The molecule has 0 bridgehead atoms. The van der Waals surface area contributed by atoms with Crippen LogP contribution in [0.15, 0.2) is 48.5 Å². The zero-order valence-corrected chi connectivity index (χ0v) is 11.0. The largest absolute Gasteiger partial charge is 0.484 e. The minimum absolute atomic E-state index is 0. The molecule has 3 rings (SSSR count). The van der Waals surface area contributed by atoms with E-state index in [4.69, 9.17) is 10.5 Å². The van der Waals surface area contributed by atoms with E-state index in [2.05, 4.69) is 0 Å². The number of Topliss-reactive ketones (excluding diaryl/α,β-unsaturated/α-hetero) is 1. The molecular weight excluding hydrogens is 262 g/mol. The molecule has 19 heavy (non-hydrogen) atoms. The van der Waals surface area contributed by atoms with Gasteiger partial charge in [-0.2, -0.15) is 0 Å². The van der Waals surface area contributed by atoms with E-state index in [-0.39, 0.29) is 24.3 Å². The summed E-state index contributed by atoms with van der Waals surface area (Å²) in [5.74, 6) is 0.786. The van der Waals surface area contributed by atoms with Gasteiger partial charge in [-0.1, -0.05) is 24.3 Å². The smallest absolute Gasteiger partial charge is 0.170 e. The topological polar surface area (TPSA) is 52.3 Å². The second kappa shape index (κ2) is 5.33. The van der Waals surface area contributed by atoms with Crippen LogP contribution in [0.4, 0.5) is 5.69 Å². The molecule has 1 aliphatic rings. The van der Waals surface area contributed by atoms with Gasteiger partial charge in [-0.3, -0.25) is 4.79 Å². The first kappa shape index (κ1) is 13.4. The highest BCUT2D eigenvalue weighted by Crippen LogP contribution is 2.34. The number of nitrogen functional groups attached to an aromatic ring is 1. The van der Waals surface area contributed by atoms with Crippen molar-refractivity contribution < 1.29 is 9.53 Å². The molecule has 0 amide bonds. The minimum atomic E-state index is -0.215. The maximum absolute atomic E-state index is 12.0. The maximum atomic E-state index is 12.0. The van der Waals surface area contributed by atoms with Crippen LogP contribution in [0.1, 0.15) is 28.4 Å². The SMILES string of the molecule is Cl.Nc1ccc(C2CC(=O)c3ccccc3O2)cc1. The lowest BCUT2D eigenvalue weighted by Crippen LogP contribution is -2.20. The van der Waals surface area contributed by atoms with Crippen LogP contribution in [0, 0.1) is 0 Å². The van der Waals surface area contributed by atoms with Gasteiger partial charge in [0.1, 0.15) is 11.9 Å². The van der Waals surface area contributed by atoms with E-state index in [0.717, 1.165) is 5.56 Å². The highest BCUT2D eigenvalue weighted by molar-refractivity contribution is 5.99. The van der Waals surface area contributed by atoms with Gasteiger partial charge in [0.2, 0.25) is 0 Å². The van der Waals surface area contributed by atoms with Gasteiger partial charge in [-0.05, 0) is 29.8 Å². The van der Waals surface area contributed by atoms with Gasteiger partial charge in [0.15, 0.2) is 5.78 Å². The summed E-state index contributed by atoms with van der Waals surface area (Å²) in [5.41, 5.74) is 8.01. The van der Waals surface area contributed by atoms with Crippen molar-refractivity contribution in [2.75, 3.05) is 5.73 Å². The molecule has 0 saturated carbocycles. The zero-order chi connectivity index (χ0) is 12.5. The van der Waals surface area contributed by atoms with Gasteiger partial charge in [0, 0.05) is 5.69 Å². The molecule has 2 N–H and O–H groups in total. The summed E-state index contributed by atoms with van der Waals surface area (Å²) >= 11 is 0. The number of ether oxygens (including phenoxy) is 1. The fourth-order valence-electron chi connectivity index (χ4n) is 2.17. The van der Waals surface area contributed by atoms with E-state index >= 15 is 0 Å². The Morgan fingerprint density at radius 1 is 1.05 bits per heavy atom. The van der Waals surface area contributed by atoms with Crippen molar-refractivity contribution in [3.05, 3.63) is 59.7 Å². The van der Waals surface area contributed by atoms with Gasteiger partial charge >= 0.3 is 0 Å². The quantitative estimate of drug-likeness (QED) is 0.812. The van der Waals surface area contributed by atoms with Crippen LogP contribution in [0.25, 0.3) is 0 Å². The second-order valence-corrected chi connectivity index (χ2v) is 4.40. The summed E-state index contributed by atoms with van der Waals surface area (Å²) in [7, 11) is 0. The van der Waals surface area contributed by atoms with Crippen LogP contribution < -0.4 is 10.5 Å². The Hall–Kier alpha value is -2.00. The number of carbonyl (C=O) groups is 1. The summed E-state index contributed by atoms with van der Waals surface area (Å²) in [6.45, 7) is 0. The van der Waals surface area contributed by atoms with Crippen LogP contribution in [-0.4, -0.2) is 5.78 Å². The molecule has 2 aromatic carbocycles. The van der Waals surface area contributed by atoms with E-state index in [9.17, 15) is 4.79 Å². The number of nitrogens with two attached hydrogens (primary N) is 1. The Balaban J connectivity index is 0.00000133. The standard InChI is InChI=1S/C15H13NO2.ClH/c16-11-7-5-10(6-8-11)15-9-13(17)12-3-1-2-4-14(12)18-15;/h1-8,15H,9,16H2;1H. The Kier molecular flexibility index (Phi) is 3.76. The normalized spacial score (nSPS) is 17.1. The molecular formula is C15H14ClNO2. The van der Waals surface area contributed by atoms with E-state index in [1.54, 1.807) is 6.07 Å². The Morgan fingerprint density at radius 3 is 2.47 bits per heavy atom. The summed E-state index contributed by atoms with van der Waals surface area (Å²) in [6, 6.07) is 14.8. The van der Waals surface area contributed by atoms with Crippen molar-refractivity contribution in [3.8, 4) is 5.75 Å². The number of halogens is 1. The Morgan fingerprint density at radius 2 is 1.74 bits per heavy atom. The second-order valence-electron chi connectivity index (χ2n) is 4.40. The number of hydrogen-bond acceptors (Lipinski definition) is 3. The summed E-state index contributed by atoms with van der Waals surface area (Å²) in [5, 5.41) is 0. The van der Waals surface area contributed by atoms with E-state index in [1.807, 2.05) is 42.5 Å². The lowest BCUT2D eigenvalue weighted by molar-refractivity contribution is 0.0850. The molecule has 3 nitrogen and oxygen atoms in total. The molecule has 0 aliphatic carbocycles. The fraction of sp³-hybridized carbons (Fsp3) is 0.133. The van der Waals surface area contributed by atoms with Crippen molar-refractivity contribution >= 4 is 23.9 Å². The lowest BCUT2D eigenvalue weighted by atomic mass is 9.96. The molecule has 1 aliphatic heterocycles. The predicted octanol–water partition coefficient (Wildman–Crippen LogP) is 3.40. The lowest BCUT2D eigenvalue weighted by Gasteiger charge is -2.25. The first-order valence-corrected chi connectivity index (χ1v) is 5.88. The van der Waals surface area contributed by atoms with E-state index in [1.165, 1.54) is 0 Å². The molecule has 1 atom stereocenters. The average molecular weight is 276 g/mol. The summed E-state index contributed by atoms with van der Waals surface area (Å²) < 4.78 is 5.87. The molecule has 0 aromatic heterocycles. The minimum Gasteiger partial charge on any atom is -0.484 e. The van der Waals surface area contributed by atoms with Gasteiger partial charge in [-0.15, -0.1) is 12.4 Å². The molecule has 0 saturated heterocycles. The van der Waals surface area contributed by atoms with Crippen LogP contribution in [0.2, 0.25) is 0 Å². The third-order valence-electron chi connectivity index (χ3n) is 3.14. The monoisotopic (exact) mass is 275 g/mol. The van der Waals surface area contributed by atoms with Gasteiger partial charge in [-0.25, -0.2) is 0 Å². The van der Waals surface area contributed by atoms with Crippen LogP contribution in [0.3, 0.4) is 0 Å². The highest BCUT2D eigenvalue weighted by Gasteiger charge is 2.26. The number of benzene rings is 2. The number of hydrogen-bond donors (Lipinski definition) is 1. The van der Waals surface area contributed by atoms with Crippen LogP contribution >= 0.6 is 12.4 Å². The van der Waals surface area contributed by atoms with E-state index < -0.39 is 0 Å². The fourth-order valence-corrected chi connectivity index (χ4v) is 2.17. The first-order chi connectivity index (χ1) is 8.74. The third kappa shape index (κ3) is 2.56. The predicted molar refractivity (Wildman–Crippen MR) is 76.9 cm³/mol. The first-order valence-electron chi connectivity index (χ1n) is 5.88. The molecule has 1 heterocycles. The number of ketones is 1. The van der Waals surface area contributed by atoms with Crippen molar-refractivity contribution in [1.82, 2.24) is 0 Å². The molecule has 98 valence electrons. The zero-order valence-electron chi connectivity index (χ0n) is 10.2. The molecule has 0 fully saturated rings. The highest BCUT2D eigenvalue weighted by atomic mass is 35.5. The van der Waals surface area contributed by atoms with Crippen LogP contribution in [0.5, 0.6) is 5.75 Å². The third-order valence-corrected chi connectivity index (χ3v) is 3.14. The maximum Gasteiger partial charge on any atom is 0.170 e. The van der Waals surface area contributed by atoms with Crippen molar-refractivity contribution in [2.24, 2.45) is 0 Å². The number of para-hydroxylation sites is 1. The van der Waals surface area contributed by atoms with Crippen molar-refractivity contribution in [2.45, 2.75) is 12.5 Å². The van der Waals surface area contributed by atoms with Gasteiger partial charge in [0.25, 0.3) is 0 Å². The number of fused-ring (bicyclic) bond motifs is 1. The summed E-state index contributed by atoms with van der Waals surface area (Å²) in [6.07, 6.45) is 0.161. The van der Waals surface area contributed by atoms with Crippen LogP contribution in [-0.2, 0) is 0 Å². The summed E-state index contributed by atoms with van der Waals surface area (Å²) in [4.78, 5) is 12.0. The van der Waals surface area contributed by atoms with E-state index in [0.29, 0.717) is 23.4 Å². The number of anilines is 1. The Bertz CT molecular complexity index is 595. The average Bonchev–Trinajstić information content (AvgIpc) is 2.39. The number of rotatable bonds is 1. The van der Waals surface area contributed by atoms with Crippen molar-refractivity contribution in [1.29, 1.82) is 0 Å². The van der Waals surface area contributed by atoms with Gasteiger partial charge < -0.3 is 10.5 Å². The number of carbonyl (C=O) groups excluding carboxylic acids is 1.